The van der Waals surface area contributed by atoms with Gasteiger partial charge >= 0.3 is 5.97 Å². The van der Waals surface area contributed by atoms with Crippen molar-refractivity contribution in [3.63, 3.8) is 0 Å². The van der Waals surface area contributed by atoms with Gasteiger partial charge in [-0.2, -0.15) is 0 Å². The third-order valence-electron chi connectivity index (χ3n) is 2.11. The number of hydrogen-bond acceptors (Lipinski definition) is 1. The van der Waals surface area contributed by atoms with Crippen LogP contribution >= 0.6 is 47.8 Å². The summed E-state index contributed by atoms with van der Waals surface area (Å²) in [5.41, 5.74) is 0.964. The molecule has 0 radical (unpaired) electrons. The van der Waals surface area contributed by atoms with E-state index in [1.165, 1.54) is 0 Å². The minimum atomic E-state index is -0.945. The van der Waals surface area contributed by atoms with Crippen LogP contribution in [0.1, 0.15) is 21.8 Å². The number of halogens is 3. The highest BCUT2D eigenvalue weighted by molar-refractivity contribution is 9.39. The Labute approximate surface area is 119 Å². The lowest BCUT2D eigenvalue weighted by atomic mass is 9.96. The predicted molar refractivity (Wildman–Crippen MR) is 75.9 cm³/mol. The van der Waals surface area contributed by atoms with Crippen LogP contribution < -0.4 is 0 Å². The van der Waals surface area contributed by atoms with Gasteiger partial charge in [-0.3, -0.25) is 0 Å². The third kappa shape index (κ3) is 3.18. The quantitative estimate of drug-likeness (QED) is 0.586. The Morgan fingerprint density at radius 1 is 1.38 bits per heavy atom. The fourth-order valence-corrected chi connectivity index (χ4v) is 2.70. The molecule has 2 nitrogen and oxygen atoms in total. The molecule has 0 aliphatic heterocycles. The summed E-state index contributed by atoms with van der Waals surface area (Å²) in [7, 11) is 0. The Kier molecular flexibility index (Phi) is 4.76. The number of aromatic carboxylic acids is 1. The van der Waals surface area contributed by atoms with Gasteiger partial charge in [0.25, 0.3) is 0 Å². The molecule has 5 heteroatoms. The zero-order valence-corrected chi connectivity index (χ0v) is 12.9. The van der Waals surface area contributed by atoms with Gasteiger partial charge in [-0.15, -0.1) is 6.58 Å². The van der Waals surface area contributed by atoms with Crippen molar-refractivity contribution in [1.29, 1.82) is 0 Å². The fraction of sp³-hybridized carbons (Fsp3) is 0.182. The van der Waals surface area contributed by atoms with E-state index >= 15 is 0 Å². The van der Waals surface area contributed by atoms with E-state index in [1.807, 2.05) is 0 Å². The van der Waals surface area contributed by atoms with Crippen LogP contribution in [0.3, 0.4) is 0 Å². The number of carboxylic acid groups (broad SMARTS) is 1. The largest absolute Gasteiger partial charge is 0.478 e. The van der Waals surface area contributed by atoms with Crippen molar-refractivity contribution in [2.45, 2.75) is 8.06 Å². The van der Waals surface area contributed by atoms with Gasteiger partial charge in [0.1, 0.15) is 2.14 Å². The van der Waals surface area contributed by atoms with E-state index in [0.29, 0.717) is 5.56 Å². The van der Waals surface area contributed by atoms with Gasteiger partial charge in [0, 0.05) is 5.92 Å². The minimum absolute atomic E-state index is 0.209. The average Bonchev–Trinajstić information content (AvgIpc) is 2.17. The fourth-order valence-electron chi connectivity index (χ4n) is 1.40. The van der Waals surface area contributed by atoms with Gasteiger partial charge in [-0.05, 0) is 11.6 Å². The monoisotopic (exact) mass is 410 g/mol. The molecule has 0 aliphatic carbocycles. The summed E-state index contributed by atoms with van der Waals surface area (Å²) in [6.45, 7) is 3.72. The molecule has 16 heavy (non-hydrogen) atoms. The smallest absolute Gasteiger partial charge is 0.335 e. The van der Waals surface area contributed by atoms with Gasteiger partial charge in [0.2, 0.25) is 0 Å². The molecule has 0 amide bonds. The number of carbonyl (C=O) groups is 1. The summed E-state index contributed by atoms with van der Waals surface area (Å²) in [5, 5.41) is 9.10. The first-order valence-corrected chi connectivity index (χ1v) is 6.77. The van der Waals surface area contributed by atoms with Crippen LogP contribution in [0.25, 0.3) is 0 Å². The molecule has 0 fully saturated rings. The van der Waals surface area contributed by atoms with E-state index in [2.05, 4.69) is 54.4 Å². The van der Waals surface area contributed by atoms with Crippen LogP contribution in [0.2, 0.25) is 0 Å². The van der Waals surface area contributed by atoms with E-state index in [0.717, 1.165) is 0 Å². The number of rotatable bonds is 3. The lowest BCUT2D eigenvalue weighted by Gasteiger charge is -2.23. The Hall–Kier alpha value is -0.130. The molecule has 0 aliphatic rings. The summed E-state index contributed by atoms with van der Waals surface area (Å²) in [6.07, 6.45) is 1.68. The molecule has 1 aromatic rings. The first-order chi connectivity index (χ1) is 7.38. The van der Waals surface area contributed by atoms with Crippen LogP contribution in [0.5, 0.6) is 0 Å². The second-order valence-corrected chi connectivity index (χ2v) is 10.1. The topological polar surface area (TPSA) is 37.3 Å². The molecule has 86 valence electrons. The zero-order chi connectivity index (χ0) is 12.3. The minimum Gasteiger partial charge on any atom is -0.478 e. The second kappa shape index (κ2) is 5.47. The van der Waals surface area contributed by atoms with Crippen LogP contribution in [0.4, 0.5) is 0 Å². The molecule has 1 rings (SSSR count). The van der Waals surface area contributed by atoms with Crippen LogP contribution in [0, 0.1) is 0 Å². The summed E-state index contributed by atoms with van der Waals surface area (Å²) >= 11 is 10.2. The standard InChI is InChI=1S/C11H9Br3O2/c1-2-9(11(12,13)14)7-5-3-4-6-8(7)10(15)16/h2-6,9H,1H2,(H,15,16). The Bertz CT molecular complexity index is 410. The number of allylic oxidation sites excluding steroid dienone is 1. The van der Waals surface area contributed by atoms with Gasteiger partial charge in [0.05, 0.1) is 5.56 Å². The molecule has 0 saturated heterocycles. The summed E-state index contributed by atoms with van der Waals surface area (Å²) in [5.74, 6) is -1.15. The highest BCUT2D eigenvalue weighted by atomic mass is 80.0. The van der Waals surface area contributed by atoms with Gasteiger partial charge in [-0.25, -0.2) is 4.79 Å². The van der Waals surface area contributed by atoms with Crippen molar-refractivity contribution in [2.24, 2.45) is 0 Å². The summed E-state index contributed by atoms with van der Waals surface area (Å²) in [6, 6.07) is 6.85. The van der Waals surface area contributed by atoms with Crippen molar-refractivity contribution in [2.75, 3.05) is 0 Å². The van der Waals surface area contributed by atoms with E-state index in [-0.39, 0.29) is 11.5 Å². The summed E-state index contributed by atoms with van der Waals surface area (Å²) < 4.78 is -0.597. The van der Waals surface area contributed by atoms with Crippen molar-refractivity contribution >= 4 is 53.8 Å². The second-order valence-electron chi connectivity index (χ2n) is 3.15. The number of hydrogen-bond donors (Lipinski definition) is 1. The zero-order valence-electron chi connectivity index (χ0n) is 8.16. The predicted octanol–water partition coefficient (Wildman–Crippen LogP) is 4.49. The molecule has 1 N–H and O–H groups in total. The lowest BCUT2D eigenvalue weighted by molar-refractivity contribution is 0.0695. The molecule has 0 spiro atoms. The third-order valence-corrected chi connectivity index (χ3v) is 3.59. The molecule has 1 unspecified atom stereocenters. The van der Waals surface area contributed by atoms with E-state index in [4.69, 9.17) is 5.11 Å². The van der Waals surface area contributed by atoms with E-state index in [1.54, 1.807) is 30.3 Å². The van der Waals surface area contributed by atoms with Crippen molar-refractivity contribution in [1.82, 2.24) is 0 Å². The normalized spacial score (nSPS) is 13.2. The number of benzene rings is 1. The molecule has 0 bridgehead atoms. The highest BCUT2D eigenvalue weighted by Gasteiger charge is 2.32. The van der Waals surface area contributed by atoms with Crippen LogP contribution in [0.15, 0.2) is 36.9 Å². The maximum atomic E-state index is 11.1. The Balaban J connectivity index is 3.30. The SMILES string of the molecule is C=CC(c1ccccc1C(=O)O)C(Br)(Br)Br. The van der Waals surface area contributed by atoms with Crippen molar-refractivity contribution in [3.05, 3.63) is 48.0 Å². The first kappa shape index (κ1) is 13.9. The first-order valence-electron chi connectivity index (χ1n) is 4.39. The number of alkyl halides is 3. The van der Waals surface area contributed by atoms with Crippen molar-refractivity contribution in [3.8, 4) is 0 Å². The lowest BCUT2D eigenvalue weighted by Crippen LogP contribution is -2.16. The highest BCUT2D eigenvalue weighted by Crippen LogP contribution is 2.47. The van der Waals surface area contributed by atoms with Gasteiger partial charge < -0.3 is 5.11 Å². The average molecular weight is 413 g/mol. The molecule has 0 saturated carbocycles. The van der Waals surface area contributed by atoms with Crippen LogP contribution in [-0.2, 0) is 0 Å². The molecule has 0 aromatic heterocycles. The maximum Gasteiger partial charge on any atom is 0.335 e. The van der Waals surface area contributed by atoms with Gasteiger partial charge in [-0.1, -0.05) is 72.1 Å². The molecule has 1 atom stereocenters. The summed E-state index contributed by atoms with van der Waals surface area (Å²) in [4.78, 5) is 11.1. The van der Waals surface area contributed by atoms with Gasteiger partial charge in [0.15, 0.2) is 0 Å². The van der Waals surface area contributed by atoms with E-state index < -0.39 is 8.11 Å². The molecular formula is C11H9Br3O2. The number of carboxylic acids is 1. The molecular weight excluding hydrogens is 404 g/mol. The Morgan fingerprint density at radius 3 is 2.38 bits per heavy atom. The van der Waals surface area contributed by atoms with Crippen molar-refractivity contribution < 1.29 is 9.90 Å². The van der Waals surface area contributed by atoms with Crippen LogP contribution in [-0.4, -0.2) is 13.2 Å². The van der Waals surface area contributed by atoms with E-state index in [9.17, 15) is 4.79 Å². The molecule has 0 heterocycles. The Morgan fingerprint density at radius 2 is 1.94 bits per heavy atom. The maximum absolute atomic E-state index is 11.1. The molecule has 1 aromatic carbocycles.